The average molecular weight is 353 g/mol. The van der Waals surface area contributed by atoms with E-state index in [1.165, 1.54) is 7.11 Å². The molecule has 0 saturated carbocycles. The lowest BCUT2D eigenvalue weighted by Crippen LogP contribution is -2.44. The van der Waals surface area contributed by atoms with Gasteiger partial charge in [-0.3, -0.25) is 0 Å². The van der Waals surface area contributed by atoms with E-state index in [1.807, 2.05) is 13.8 Å². The van der Waals surface area contributed by atoms with Crippen LogP contribution in [0.15, 0.2) is 18.2 Å². The van der Waals surface area contributed by atoms with Gasteiger partial charge in [0, 0.05) is 6.42 Å². The molecule has 0 fully saturated rings. The molecule has 25 heavy (non-hydrogen) atoms. The van der Waals surface area contributed by atoms with Gasteiger partial charge in [0.05, 0.1) is 13.2 Å². The van der Waals surface area contributed by atoms with Gasteiger partial charge in [-0.1, -0.05) is 6.07 Å². The van der Waals surface area contributed by atoms with Gasteiger partial charge in [-0.25, -0.2) is 9.59 Å². The average Bonchev–Trinajstić information content (AvgIpc) is 2.45. The molecule has 1 aromatic carbocycles. The summed E-state index contributed by atoms with van der Waals surface area (Å²) in [5.41, 5.74) is -0.0111. The molecule has 1 atom stereocenters. The van der Waals surface area contributed by atoms with Crippen LogP contribution in [0.3, 0.4) is 0 Å². The van der Waals surface area contributed by atoms with Crippen molar-refractivity contribution in [1.82, 2.24) is 5.32 Å². The highest BCUT2D eigenvalue weighted by Crippen LogP contribution is 2.29. The van der Waals surface area contributed by atoms with E-state index in [0.29, 0.717) is 17.1 Å². The Labute approximate surface area is 148 Å². The molecule has 140 valence electrons. The quantitative estimate of drug-likeness (QED) is 0.782. The van der Waals surface area contributed by atoms with Crippen molar-refractivity contribution in [3.05, 3.63) is 23.8 Å². The standard InChI is InChI=1S/C18H27NO6/c1-11(2)24-14-8-7-12(10-15(14)23-6)9-13(16(20)21)19-17(22)25-18(3,4)5/h7-8,10-11,13H,9H2,1-6H3,(H,19,22)(H,20,21). The molecule has 7 heteroatoms. The molecule has 1 amide bonds. The van der Waals surface area contributed by atoms with Gasteiger partial charge in [-0.2, -0.15) is 0 Å². The van der Waals surface area contributed by atoms with Crippen LogP contribution in [0, 0.1) is 0 Å². The van der Waals surface area contributed by atoms with E-state index in [1.54, 1.807) is 39.0 Å². The second-order valence-electron chi connectivity index (χ2n) is 6.89. The second-order valence-corrected chi connectivity index (χ2v) is 6.89. The van der Waals surface area contributed by atoms with Crippen molar-refractivity contribution < 1.29 is 28.9 Å². The monoisotopic (exact) mass is 353 g/mol. The molecule has 0 radical (unpaired) electrons. The van der Waals surface area contributed by atoms with Gasteiger partial charge in [-0.05, 0) is 52.3 Å². The maximum atomic E-state index is 11.8. The number of aliphatic carboxylic acids is 1. The number of nitrogens with one attached hydrogen (secondary N) is 1. The predicted molar refractivity (Wildman–Crippen MR) is 93.3 cm³/mol. The highest BCUT2D eigenvalue weighted by molar-refractivity contribution is 5.80. The minimum Gasteiger partial charge on any atom is -0.493 e. The number of hydrogen-bond acceptors (Lipinski definition) is 5. The van der Waals surface area contributed by atoms with Gasteiger partial charge in [0.25, 0.3) is 0 Å². The second kappa shape index (κ2) is 8.60. The van der Waals surface area contributed by atoms with Crippen molar-refractivity contribution in [2.75, 3.05) is 7.11 Å². The Balaban J connectivity index is 2.88. The fourth-order valence-electron chi connectivity index (χ4n) is 2.08. The number of alkyl carbamates (subject to hydrolysis) is 1. The van der Waals surface area contributed by atoms with E-state index in [4.69, 9.17) is 14.2 Å². The van der Waals surface area contributed by atoms with E-state index in [9.17, 15) is 14.7 Å². The van der Waals surface area contributed by atoms with Crippen molar-refractivity contribution in [2.24, 2.45) is 0 Å². The van der Waals surface area contributed by atoms with Crippen LogP contribution < -0.4 is 14.8 Å². The molecule has 0 spiro atoms. The van der Waals surface area contributed by atoms with Crippen LogP contribution in [-0.4, -0.2) is 42.0 Å². The van der Waals surface area contributed by atoms with Crippen molar-refractivity contribution in [2.45, 2.75) is 58.8 Å². The number of carboxylic acids is 1. The third-order valence-corrected chi connectivity index (χ3v) is 3.02. The Morgan fingerprint density at radius 1 is 1.20 bits per heavy atom. The first-order valence-corrected chi connectivity index (χ1v) is 8.07. The van der Waals surface area contributed by atoms with Crippen molar-refractivity contribution in [3.8, 4) is 11.5 Å². The molecule has 2 N–H and O–H groups in total. The Bertz CT molecular complexity index is 606. The molecule has 0 heterocycles. The summed E-state index contributed by atoms with van der Waals surface area (Å²) in [7, 11) is 1.51. The summed E-state index contributed by atoms with van der Waals surface area (Å²) < 4.78 is 16.0. The first-order chi connectivity index (χ1) is 11.5. The van der Waals surface area contributed by atoms with Crippen molar-refractivity contribution in [1.29, 1.82) is 0 Å². The molecular formula is C18H27NO6. The molecule has 1 unspecified atom stereocenters. The van der Waals surface area contributed by atoms with Crippen LogP contribution in [0.2, 0.25) is 0 Å². The van der Waals surface area contributed by atoms with E-state index < -0.39 is 23.7 Å². The molecule has 1 rings (SSSR count). The van der Waals surface area contributed by atoms with Crippen LogP contribution in [0.25, 0.3) is 0 Å². The molecule has 0 saturated heterocycles. The van der Waals surface area contributed by atoms with Gasteiger partial charge in [0.1, 0.15) is 11.6 Å². The molecular weight excluding hydrogens is 326 g/mol. The number of hydrogen-bond donors (Lipinski definition) is 2. The number of amides is 1. The molecule has 0 aromatic heterocycles. The largest absolute Gasteiger partial charge is 0.493 e. The van der Waals surface area contributed by atoms with Gasteiger partial charge in [0.2, 0.25) is 0 Å². The number of benzene rings is 1. The normalized spacial score (nSPS) is 12.4. The zero-order valence-electron chi connectivity index (χ0n) is 15.6. The maximum Gasteiger partial charge on any atom is 0.408 e. The van der Waals surface area contributed by atoms with Gasteiger partial charge >= 0.3 is 12.1 Å². The molecule has 0 aliphatic heterocycles. The lowest BCUT2D eigenvalue weighted by molar-refractivity contribution is -0.139. The lowest BCUT2D eigenvalue weighted by Gasteiger charge is -2.22. The summed E-state index contributed by atoms with van der Waals surface area (Å²) in [5.74, 6) is -0.0619. The van der Waals surface area contributed by atoms with Crippen molar-refractivity contribution >= 4 is 12.1 Å². The fraction of sp³-hybridized carbons (Fsp3) is 0.556. The zero-order chi connectivity index (χ0) is 19.2. The number of ether oxygens (including phenoxy) is 3. The molecule has 1 aromatic rings. The minimum absolute atomic E-state index is 0.0136. The van der Waals surface area contributed by atoms with Crippen LogP contribution in [0.1, 0.15) is 40.2 Å². The summed E-state index contributed by atoms with van der Waals surface area (Å²) in [6.07, 6.45) is -0.695. The van der Waals surface area contributed by atoms with Crippen molar-refractivity contribution in [3.63, 3.8) is 0 Å². The number of carbonyl (C=O) groups excluding carboxylic acids is 1. The van der Waals surface area contributed by atoms with Gasteiger partial charge < -0.3 is 24.6 Å². The van der Waals surface area contributed by atoms with Crippen LogP contribution in [0.4, 0.5) is 4.79 Å². The lowest BCUT2D eigenvalue weighted by atomic mass is 10.1. The third kappa shape index (κ3) is 7.32. The van der Waals surface area contributed by atoms with Crippen LogP contribution in [-0.2, 0) is 16.0 Å². The number of carbonyl (C=O) groups is 2. The minimum atomic E-state index is -1.15. The molecule has 0 aliphatic rings. The highest BCUT2D eigenvalue weighted by atomic mass is 16.6. The fourth-order valence-corrected chi connectivity index (χ4v) is 2.08. The van der Waals surface area contributed by atoms with Gasteiger partial charge in [0.15, 0.2) is 11.5 Å². The summed E-state index contributed by atoms with van der Waals surface area (Å²) in [4.78, 5) is 23.3. The topological polar surface area (TPSA) is 94.1 Å². The molecule has 7 nitrogen and oxygen atoms in total. The van der Waals surface area contributed by atoms with Crippen LogP contribution in [0.5, 0.6) is 11.5 Å². The van der Waals surface area contributed by atoms with Crippen LogP contribution >= 0.6 is 0 Å². The number of rotatable bonds is 7. The summed E-state index contributed by atoms with van der Waals surface area (Å²) in [6, 6.07) is 4.05. The SMILES string of the molecule is COc1cc(CC(NC(=O)OC(C)(C)C)C(=O)O)ccc1OC(C)C. The molecule has 0 bridgehead atoms. The van der Waals surface area contributed by atoms with Gasteiger partial charge in [-0.15, -0.1) is 0 Å². The van der Waals surface area contributed by atoms with E-state index in [0.717, 1.165) is 0 Å². The first kappa shape index (κ1) is 20.6. The summed E-state index contributed by atoms with van der Waals surface area (Å²) in [5, 5.41) is 11.7. The Morgan fingerprint density at radius 3 is 2.32 bits per heavy atom. The number of carboxylic acid groups (broad SMARTS) is 1. The Kier molecular flexibility index (Phi) is 7.09. The van der Waals surface area contributed by atoms with E-state index in [2.05, 4.69) is 5.32 Å². The summed E-state index contributed by atoms with van der Waals surface area (Å²) in [6.45, 7) is 8.93. The highest BCUT2D eigenvalue weighted by Gasteiger charge is 2.24. The Hall–Kier alpha value is -2.44. The van der Waals surface area contributed by atoms with E-state index >= 15 is 0 Å². The smallest absolute Gasteiger partial charge is 0.408 e. The Morgan fingerprint density at radius 2 is 1.84 bits per heavy atom. The molecule has 0 aliphatic carbocycles. The maximum absolute atomic E-state index is 11.8. The zero-order valence-corrected chi connectivity index (χ0v) is 15.6. The number of methoxy groups -OCH3 is 1. The third-order valence-electron chi connectivity index (χ3n) is 3.02. The first-order valence-electron chi connectivity index (χ1n) is 8.07. The summed E-state index contributed by atoms with van der Waals surface area (Å²) >= 11 is 0. The predicted octanol–water partition coefficient (Wildman–Crippen LogP) is 3.00. The van der Waals surface area contributed by atoms with E-state index in [-0.39, 0.29) is 12.5 Å².